The van der Waals surface area contributed by atoms with Crippen molar-refractivity contribution in [2.75, 3.05) is 24.6 Å². The molecule has 0 radical (unpaired) electrons. The van der Waals surface area contributed by atoms with E-state index in [1.54, 1.807) is 0 Å². The van der Waals surface area contributed by atoms with Crippen molar-refractivity contribution in [1.29, 1.82) is 0 Å². The van der Waals surface area contributed by atoms with Crippen LogP contribution in [0, 0.1) is 6.92 Å². The number of carbonyl (C=O) groups is 1. The van der Waals surface area contributed by atoms with Gasteiger partial charge in [0.25, 0.3) is 5.91 Å². The van der Waals surface area contributed by atoms with E-state index >= 15 is 0 Å². The Morgan fingerprint density at radius 2 is 2.19 bits per heavy atom. The molecule has 1 fully saturated rings. The van der Waals surface area contributed by atoms with Crippen LogP contribution in [0.5, 0.6) is 0 Å². The minimum Gasteiger partial charge on any atom is -0.375 e. The number of amides is 1. The van der Waals surface area contributed by atoms with E-state index in [2.05, 4.69) is 30.1 Å². The number of benzene rings is 1. The molecule has 2 heterocycles. The maximum atomic E-state index is 12.4. The van der Waals surface area contributed by atoms with Gasteiger partial charge in [0.1, 0.15) is 5.82 Å². The number of hydrogen-bond acceptors (Lipinski definition) is 4. The number of nitrogens with zero attached hydrogens (tertiary/aromatic N) is 2. The maximum absolute atomic E-state index is 12.4. The molecule has 1 saturated carbocycles. The summed E-state index contributed by atoms with van der Waals surface area (Å²) in [5, 5.41) is 3.07. The SMILES string of the molecule is CCCN1CCOCc2cc(-c3cc(C(=O)NC4CC4)ccc3C)cnc21. The van der Waals surface area contributed by atoms with Gasteiger partial charge in [0, 0.05) is 42.0 Å². The lowest BCUT2D eigenvalue weighted by Gasteiger charge is -2.22. The van der Waals surface area contributed by atoms with Crippen molar-refractivity contribution in [3.8, 4) is 11.1 Å². The van der Waals surface area contributed by atoms with Crippen LogP contribution in [0.4, 0.5) is 5.82 Å². The largest absolute Gasteiger partial charge is 0.375 e. The monoisotopic (exact) mass is 365 g/mol. The van der Waals surface area contributed by atoms with Crippen LogP contribution in [0.25, 0.3) is 11.1 Å². The number of hydrogen-bond donors (Lipinski definition) is 1. The fraction of sp³-hybridized carbons (Fsp3) is 0.455. The standard InChI is InChI=1S/C22H27N3O2/c1-3-8-25-9-10-27-14-18-11-17(13-23-21(18)25)20-12-16(5-4-15(20)2)22(26)24-19-6-7-19/h4-5,11-13,19H,3,6-10,14H2,1-2H3,(H,24,26). The van der Waals surface area contributed by atoms with E-state index in [0.29, 0.717) is 18.2 Å². The Morgan fingerprint density at radius 3 is 2.96 bits per heavy atom. The summed E-state index contributed by atoms with van der Waals surface area (Å²) in [4.78, 5) is 19.5. The molecule has 1 aliphatic carbocycles. The number of aromatic nitrogens is 1. The van der Waals surface area contributed by atoms with E-state index in [0.717, 1.165) is 67.0 Å². The van der Waals surface area contributed by atoms with E-state index in [9.17, 15) is 4.79 Å². The summed E-state index contributed by atoms with van der Waals surface area (Å²) in [6, 6.07) is 8.43. The highest BCUT2D eigenvalue weighted by Crippen LogP contribution is 2.30. The lowest BCUT2D eigenvalue weighted by atomic mass is 9.98. The molecule has 2 aromatic rings. The second-order valence-corrected chi connectivity index (χ2v) is 7.52. The number of rotatable bonds is 5. The fourth-order valence-corrected chi connectivity index (χ4v) is 3.56. The molecule has 2 aliphatic rings. The zero-order valence-corrected chi connectivity index (χ0v) is 16.1. The molecule has 1 aromatic heterocycles. The molecule has 142 valence electrons. The van der Waals surface area contributed by atoms with Crippen LogP contribution in [-0.2, 0) is 11.3 Å². The van der Waals surface area contributed by atoms with E-state index in [-0.39, 0.29) is 5.91 Å². The predicted molar refractivity (Wildman–Crippen MR) is 107 cm³/mol. The molecule has 5 heteroatoms. The Bertz CT molecular complexity index is 845. The van der Waals surface area contributed by atoms with Crippen LogP contribution in [0.2, 0.25) is 0 Å². The molecule has 0 bridgehead atoms. The Labute approximate surface area is 160 Å². The van der Waals surface area contributed by atoms with Crippen molar-refractivity contribution in [2.24, 2.45) is 0 Å². The van der Waals surface area contributed by atoms with Crippen molar-refractivity contribution in [2.45, 2.75) is 45.8 Å². The van der Waals surface area contributed by atoms with Gasteiger partial charge in [0.2, 0.25) is 0 Å². The van der Waals surface area contributed by atoms with Crippen LogP contribution < -0.4 is 10.2 Å². The van der Waals surface area contributed by atoms with Gasteiger partial charge in [-0.2, -0.15) is 0 Å². The van der Waals surface area contributed by atoms with Gasteiger partial charge < -0.3 is 15.0 Å². The fourth-order valence-electron chi connectivity index (χ4n) is 3.56. The number of fused-ring (bicyclic) bond motifs is 1. The van der Waals surface area contributed by atoms with Crippen LogP contribution >= 0.6 is 0 Å². The van der Waals surface area contributed by atoms with Gasteiger partial charge in [-0.05, 0) is 55.5 Å². The third-order valence-electron chi connectivity index (χ3n) is 5.22. The van der Waals surface area contributed by atoms with Gasteiger partial charge >= 0.3 is 0 Å². The smallest absolute Gasteiger partial charge is 0.251 e. The third kappa shape index (κ3) is 3.98. The molecule has 27 heavy (non-hydrogen) atoms. The molecule has 1 aromatic carbocycles. The summed E-state index contributed by atoms with van der Waals surface area (Å²) in [6.07, 6.45) is 5.19. The van der Waals surface area contributed by atoms with Crippen molar-refractivity contribution in [3.05, 3.63) is 47.2 Å². The first-order valence-corrected chi connectivity index (χ1v) is 9.89. The molecule has 0 spiro atoms. The van der Waals surface area contributed by atoms with Gasteiger partial charge in [0.15, 0.2) is 0 Å². The molecular formula is C22H27N3O2. The Kier molecular flexibility index (Phi) is 5.12. The van der Waals surface area contributed by atoms with Crippen molar-refractivity contribution < 1.29 is 9.53 Å². The van der Waals surface area contributed by atoms with E-state index in [1.165, 1.54) is 0 Å². The number of ether oxygens (including phenoxy) is 1. The van der Waals surface area contributed by atoms with Gasteiger partial charge in [-0.1, -0.05) is 13.0 Å². The molecular weight excluding hydrogens is 338 g/mol. The van der Waals surface area contributed by atoms with Crippen molar-refractivity contribution in [1.82, 2.24) is 10.3 Å². The normalized spacial score (nSPS) is 16.6. The topological polar surface area (TPSA) is 54.5 Å². The minimum atomic E-state index is 0.0129. The number of pyridine rings is 1. The Morgan fingerprint density at radius 1 is 1.33 bits per heavy atom. The lowest BCUT2D eigenvalue weighted by Crippen LogP contribution is -2.27. The van der Waals surface area contributed by atoms with Crippen LogP contribution in [-0.4, -0.2) is 36.6 Å². The van der Waals surface area contributed by atoms with Crippen LogP contribution in [0.15, 0.2) is 30.5 Å². The van der Waals surface area contributed by atoms with Gasteiger partial charge in [-0.15, -0.1) is 0 Å². The molecule has 0 unspecified atom stereocenters. The second kappa shape index (κ2) is 7.69. The Hall–Kier alpha value is -2.40. The first-order valence-electron chi connectivity index (χ1n) is 9.89. The summed E-state index contributed by atoms with van der Waals surface area (Å²) >= 11 is 0. The van der Waals surface area contributed by atoms with Crippen LogP contribution in [0.1, 0.15) is 47.7 Å². The van der Waals surface area contributed by atoms with E-state index < -0.39 is 0 Å². The molecule has 1 amide bonds. The summed E-state index contributed by atoms with van der Waals surface area (Å²) in [5.74, 6) is 1.04. The zero-order valence-electron chi connectivity index (χ0n) is 16.1. The number of carbonyl (C=O) groups excluding carboxylic acids is 1. The van der Waals surface area contributed by atoms with Gasteiger partial charge in [-0.25, -0.2) is 4.98 Å². The first kappa shape index (κ1) is 18.0. The predicted octanol–water partition coefficient (Wildman–Crippen LogP) is 3.70. The molecule has 1 aliphatic heterocycles. The highest BCUT2D eigenvalue weighted by molar-refractivity contribution is 5.96. The summed E-state index contributed by atoms with van der Waals surface area (Å²) in [6.45, 7) is 7.42. The Balaban J connectivity index is 1.66. The average molecular weight is 365 g/mol. The molecule has 4 rings (SSSR count). The minimum absolute atomic E-state index is 0.0129. The van der Waals surface area contributed by atoms with E-state index in [4.69, 9.17) is 9.72 Å². The quantitative estimate of drug-likeness (QED) is 0.878. The zero-order chi connectivity index (χ0) is 18.8. The van der Waals surface area contributed by atoms with Gasteiger partial charge in [-0.3, -0.25) is 4.79 Å². The third-order valence-corrected chi connectivity index (χ3v) is 5.22. The van der Waals surface area contributed by atoms with Crippen molar-refractivity contribution in [3.63, 3.8) is 0 Å². The average Bonchev–Trinajstić information content (AvgIpc) is 3.50. The van der Waals surface area contributed by atoms with E-state index in [1.807, 2.05) is 24.4 Å². The molecule has 1 N–H and O–H groups in total. The first-order chi connectivity index (χ1) is 13.2. The van der Waals surface area contributed by atoms with Gasteiger partial charge in [0.05, 0.1) is 13.2 Å². The summed E-state index contributed by atoms with van der Waals surface area (Å²) < 4.78 is 5.79. The second-order valence-electron chi connectivity index (χ2n) is 7.52. The molecule has 0 saturated heterocycles. The lowest BCUT2D eigenvalue weighted by molar-refractivity contribution is 0.0951. The summed E-state index contributed by atoms with van der Waals surface area (Å²) in [7, 11) is 0. The maximum Gasteiger partial charge on any atom is 0.251 e. The summed E-state index contributed by atoms with van der Waals surface area (Å²) in [5.41, 5.74) is 5.06. The highest BCUT2D eigenvalue weighted by atomic mass is 16.5. The molecule has 5 nitrogen and oxygen atoms in total. The van der Waals surface area contributed by atoms with Crippen molar-refractivity contribution >= 4 is 11.7 Å². The number of aryl methyl sites for hydroxylation is 1. The van der Waals surface area contributed by atoms with Crippen LogP contribution in [0.3, 0.4) is 0 Å². The number of anilines is 1. The molecule has 0 atom stereocenters. The highest BCUT2D eigenvalue weighted by Gasteiger charge is 2.24. The number of nitrogens with one attached hydrogen (secondary N) is 1.